The zero-order chi connectivity index (χ0) is 14.1. The highest BCUT2D eigenvalue weighted by atomic mass is 16.5. The third kappa shape index (κ3) is 6.15. The number of ether oxygens (including phenoxy) is 2. The number of esters is 1. The Kier molecular flexibility index (Phi) is 6.82. The summed E-state index contributed by atoms with van der Waals surface area (Å²) < 4.78 is 10.2. The highest BCUT2D eigenvalue weighted by Gasteiger charge is 2.11. The lowest BCUT2D eigenvalue weighted by Gasteiger charge is -2.12. The highest BCUT2D eigenvalue weighted by Crippen LogP contribution is 2.15. The Morgan fingerprint density at radius 1 is 1.16 bits per heavy atom. The van der Waals surface area contributed by atoms with Crippen LogP contribution in [0.25, 0.3) is 0 Å². The van der Waals surface area contributed by atoms with Gasteiger partial charge in [-0.05, 0) is 19.4 Å². The molecule has 1 atom stereocenters. The minimum Gasteiger partial charge on any atom is -0.466 e. The molecule has 0 bridgehead atoms. The van der Waals surface area contributed by atoms with Gasteiger partial charge in [0.2, 0.25) is 0 Å². The molecule has 0 aliphatic rings. The van der Waals surface area contributed by atoms with E-state index in [9.17, 15) is 9.59 Å². The first-order chi connectivity index (χ1) is 9.13. The van der Waals surface area contributed by atoms with Crippen LogP contribution in [0.2, 0.25) is 0 Å². The maximum Gasteiger partial charge on any atom is 0.306 e. The summed E-state index contributed by atoms with van der Waals surface area (Å²) >= 11 is 0. The smallest absolute Gasteiger partial charge is 0.306 e. The van der Waals surface area contributed by atoms with Gasteiger partial charge in [-0.1, -0.05) is 30.3 Å². The Bertz CT molecular complexity index is 400. The third-order valence-corrected chi connectivity index (χ3v) is 2.68. The molecule has 0 spiro atoms. The summed E-state index contributed by atoms with van der Waals surface area (Å²) in [6.45, 7) is 4.00. The van der Waals surface area contributed by atoms with E-state index in [1.54, 1.807) is 6.92 Å². The van der Waals surface area contributed by atoms with Gasteiger partial charge in [-0.3, -0.25) is 9.59 Å². The Labute approximate surface area is 113 Å². The number of Topliss-reactive ketones (excluding diaryl/α,β-unsaturated/α-hetero) is 1. The summed E-state index contributed by atoms with van der Waals surface area (Å²) in [5, 5.41) is 0. The quantitative estimate of drug-likeness (QED) is 0.677. The van der Waals surface area contributed by atoms with Crippen molar-refractivity contribution in [2.75, 3.05) is 13.2 Å². The molecule has 0 heterocycles. The average molecular weight is 264 g/mol. The molecule has 0 saturated heterocycles. The number of carbonyl (C=O) groups excluding carboxylic acids is 2. The van der Waals surface area contributed by atoms with E-state index < -0.39 is 0 Å². The van der Waals surface area contributed by atoms with E-state index in [2.05, 4.69) is 0 Å². The third-order valence-electron chi connectivity index (χ3n) is 2.68. The van der Waals surface area contributed by atoms with Crippen molar-refractivity contribution in [3.63, 3.8) is 0 Å². The fourth-order valence-corrected chi connectivity index (χ4v) is 1.59. The van der Waals surface area contributed by atoms with Crippen LogP contribution in [0.1, 0.15) is 38.4 Å². The maximum atomic E-state index is 11.6. The SMILES string of the molecule is CCOC(=O)CCC(=O)COC(C)c1ccccc1. The second kappa shape index (κ2) is 8.43. The molecule has 0 aliphatic heterocycles. The molecule has 0 fully saturated rings. The Morgan fingerprint density at radius 2 is 1.84 bits per heavy atom. The monoisotopic (exact) mass is 264 g/mol. The molecule has 0 amide bonds. The molecule has 1 aromatic carbocycles. The first-order valence-electron chi connectivity index (χ1n) is 6.47. The lowest BCUT2D eigenvalue weighted by Crippen LogP contribution is -2.13. The molecular weight excluding hydrogens is 244 g/mol. The fourth-order valence-electron chi connectivity index (χ4n) is 1.59. The Hall–Kier alpha value is -1.68. The van der Waals surface area contributed by atoms with Crippen LogP contribution in [-0.4, -0.2) is 25.0 Å². The average Bonchev–Trinajstić information content (AvgIpc) is 2.44. The molecule has 4 nitrogen and oxygen atoms in total. The lowest BCUT2D eigenvalue weighted by molar-refractivity contribution is -0.144. The number of benzene rings is 1. The van der Waals surface area contributed by atoms with Gasteiger partial charge < -0.3 is 9.47 Å². The van der Waals surface area contributed by atoms with Crippen LogP contribution in [0.15, 0.2) is 30.3 Å². The number of hydrogen-bond donors (Lipinski definition) is 0. The molecule has 0 N–H and O–H groups in total. The van der Waals surface area contributed by atoms with Crippen LogP contribution in [-0.2, 0) is 19.1 Å². The summed E-state index contributed by atoms with van der Waals surface area (Å²) in [4.78, 5) is 22.6. The first-order valence-corrected chi connectivity index (χ1v) is 6.47. The summed E-state index contributed by atoms with van der Waals surface area (Å²) in [7, 11) is 0. The molecule has 0 aromatic heterocycles. The summed E-state index contributed by atoms with van der Waals surface area (Å²) in [6, 6.07) is 9.69. The normalized spacial score (nSPS) is 11.9. The lowest BCUT2D eigenvalue weighted by atomic mass is 10.1. The van der Waals surface area contributed by atoms with E-state index in [0.717, 1.165) is 5.56 Å². The van der Waals surface area contributed by atoms with Gasteiger partial charge in [-0.2, -0.15) is 0 Å². The second-order valence-electron chi connectivity index (χ2n) is 4.21. The standard InChI is InChI=1S/C15H20O4/c1-3-18-15(17)10-9-14(16)11-19-12(2)13-7-5-4-6-8-13/h4-8,12H,3,9-11H2,1-2H3. The van der Waals surface area contributed by atoms with Crippen LogP contribution >= 0.6 is 0 Å². The second-order valence-corrected chi connectivity index (χ2v) is 4.21. The molecule has 0 saturated carbocycles. The van der Waals surface area contributed by atoms with Gasteiger partial charge in [0.25, 0.3) is 0 Å². The summed E-state index contributed by atoms with van der Waals surface area (Å²) in [6.07, 6.45) is 0.156. The molecular formula is C15H20O4. The molecule has 1 aromatic rings. The van der Waals surface area contributed by atoms with E-state index in [1.165, 1.54) is 0 Å². The number of ketones is 1. The molecule has 0 aliphatic carbocycles. The zero-order valence-electron chi connectivity index (χ0n) is 11.4. The van der Waals surface area contributed by atoms with E-state index in [0.29, 0.717) is 6.61 Å². The first kappa shape index (κ1) is 15.4. The minimum atomic E-state index is -0.341. The van der Waals surface area contributed by atoms with Crippen LogP contribution < -0.4 is 0 Å². The van der Waals surface area contributed by atoms with Crippen molar-refractivity contribution in [2.45, 2.75) is 32.8 Å². The van der Waals surface area contributed by atoms with Crippen molar-refractivity contribution in [3.05, 3.63) is 35.9 Å². The van der Waals surface area contributed by atoms with Crippen LogP contribution in [0.4, 0.5) is 0 Å². The van der Waals surface area contributed by atoms with Gasteiger partial charge >= 0.3 is 5.97 Å². The van der Waals surface area contributed by atoms with E-state index >= 15 is 0 Å². The maximum absolute atomic E-state index is 11.6. The van der Waals surface area contributed by atoms with Crippen molar-refractivity contribution in [1.82, 2.24) is 0 Å². The van der Waals surface area contributed by atoms with Gasteiger partial charge in [-0.15, -0.1) is 0 Å². The van der Waals surface area contributed by atoms with Crippen molar-refractivity contribution in [3.8, 4) is 0 Å². The Balaban J connectivity index is 2.25. The van der Waals surface area contributed by atoms with Gasteiger partial charge in [0, 0.05) is 6.42 Å². The van der Waals surface area contributed by atoms with Crippen molar-refractivity contribution in [2.24, 2.45) is 0 Å². The number of rotatable bonds is 8. The Morgan fingerprint density at radius 3 is 2.47 bits per heavy atom. The van der Waals surface area contributed by atoms with Crippen LogP contribution in [0.5, 0.6) is 0 Å². The van der Waals surface area contributed by atoms with E-state index in [-0.39, 0.29) is 37.3 Å². The topological polar surface area (TPSA) is 52.6 Å². The van der Waals surface area contributed by atoms with Crippen LogP contribution in [0.3, 0.4) is 0 Å². The largest absolute Gasteiger partial charge is 0.466 e. The van der Waals surface area contributed by atoms with Crippen molar-refractivity contribution in [1.29, 1.82) is 0 Å². The predicted molar refractivity (Wildman–Crippen MR) is 71.7 cm³/mol. The summed E-state index contributed by atoms with van der Waals surface area (Å²) in [5.41, 5.74) is 1.03. The van der Waals surface area contributed by atoms with Crippen LogP contribution in [0, 0.1) is 0 Å². The molecule has 1 rings (SSSR count). The molecule has 0 radical (unpaired) electrons. The number of hydrogen-bond acceptors (Lipinski definition) is 4. The highest BCUT2D eigenvalue weighted by molar-refractivity contribution is 5.83. The van der Waals surface area contributed by atoms with Gasteiger partial charge in [0.1, 0.15) is 6.61 Å². The number of carbonyl (C=O) groups is 2. The molecule has 4 heteroatoms. The predicted octanol–water partition coefficient (Wildman–Crippen LogP) is 2.68. The van der Waals surface area contributed by atoms with Crippen molar-refractivity contribution < 1.29 is 19.1 Å². The van der Waals surface area contributed by atoms with Gasteiger partial charge in [-0.25, -0.2) is 0 Å². The van der Waals surface area contributed by atoms with E-state index in [1.807, 2.05) is 37.3 Å². The van der Waals surface area contributed by atoms with Gasteiger partial charge in [0.05, 0.1) is 19.1 Å². The zero-order valence-corrected chi connectivity index (χ0v) is 11.4. The molecule has 1 unspecified atom stereocenters. The summed E-state index contributed by atoms with van der Waals surface area (Å²) in [5.74, 6) is -0.428. The van der Waals surface area contributed by atoms with Crippen molar-refractivity contribution >= 4 is 11.8 Å². The van der Waals surface area contributed by atoms with E-state index in [4.69, 9.17) is 9.47 Å². The molecule has 19 heavy (non-hydrogen) atoms. The molecule has 104 valence electrons. The van der Waals surface area contributed by atoms with Gasteiger partial charge in [0.15, 0.2) is 5.78 Å². The minimum absolute atomic E-state index is 0.0233. The fraction of sp³-hybridized carbons (Fsp3) is 0.467.